The van der Waals surface area contributed by atoms with Gasteiger partial charge >= 0.3 is 0 Å². The average molecular weight is 962 g/mol. The fourth-order valence-corrected chi connectivity index (χ4v) is 8.93. The van der Waals surface area contributed by atoms with Gasteiger partial charge in [-0.1, -0.05) is 157 Å². The number of hydrogen-bond acceptors (Lipinski definition) is 3. The van der Waals surface area contributed by atoms with Gasteiger partial charge < -0.3 is 14.4 Å². The second kappa shape index (κ2) is 16.6. The molecule has 1 saturated carbocycles. The van der Waals surface area contributed by atoms with E-state index in [-0.39, 0.29) is 42.1 Å². The van der Waals surface area contributed by atoms with Gasteiger partial charge in [0.05, 0.1) is 5.58 Å². The summed E-state index contributed by atoms with van der Waals surface area (Å²) >= 11 is 0. The van der Waals surface area contributed by atoms with E-state index in [2.05, 4.69) is 74.1 Å². The smallest absolute Gasteiger partial charge is 0.128 e. The SMILES string of the molecule is [2H]C([2H])([2H])c1c[c-]c(-c2ccc(C([2H])([2H])C(C)(C)C)cn2)cc1-c1ccccc1.[2H]C([2H])([2H])c1cnc(-c2[c-]ccc3c2oc2c4ccccc4ccc32)cc1C1([2H])CC(C)(C)CC(C)(C)C1.[Ir]. The molecule has 0 bridgehead atoms. The second-order valence-electron chi connectivity index (χ2n) is 18.3. The number of aromatic nitrogens is 2. The van der Waals surface area contributed by atoms with Crippen molar-refractivity contribution >= 4 is 32.7 Å². The maximum Gasteiger partial charge on any atom is 0.128 e. The van der Waals surface area contributed by atoms with Crippen molar-refractivity contribution in [1.82, 2.24) is 9.97 Å². The molecule has 5 aromatic carbocycles. The molecule has 303 valence electrons. The number of benzene rings is 5. The Balaban J connectivity index is 0.000000206. The van der Waals surface area contributed by atoms with Crippen molar-refractivity contribution < 1.29 is 36.9 Å². The zero-order valence-electron chi connectivity index (χ0n) is 43.8. The van der Waals surface area contributed by atoms with Crippen LogP contribution in [0.2, 0.25) is 0 Å². The fourth-order valence-electron chi connectivity index (χ4n) is 8.93. The predicted octanol–water partition coefficient (Wildman–Crippen LogP) is 15.3. The standard InChI is InChI=1S/C32H32NO.C23H24N.Ir/c1-20-18-33-28(15-27(20)22-16-31(2,3)19-32(4,5)17-22)26-12-8-11-24-25-14-13-21-9-6-7-10-23(21)29(25)34-30(24)26;1-17-10-12-20(14-21(17)19-8-6-5-7-9-19)22-13-11-18(16-24-22)15-23(2,3)4;/h6-11,13-15,18,22H,16-17,19H2,1-5H3;5-11,13-14,16H,15H2,1-4H3;/q2*-1;/i1D3,22D;1D3,15D2;. The van der Waals surface area contributed by atoms with E-state index in [1.807, 2.05) is 81.4 Å². The third-order valence-corrected chi connectivity index (χ3v) is 10.8. The molecule has 1 fully saturated rings. The quantitative estimate of drug-likeness (QED) is 0.161. The van der Waals surface area contributed by atoms with Crippen LogP contribution in [0.1, 0.15) is 108 Å². The molecule has 4 heteroatoms. The molecule has 0 unspecified atom stereocenters. The van der Waals surface area contributed by atoms with Gasteiger partial charge in [0, 0.05) is 55.6 Å². The Labute approximate surface area is 377 Å². The van der Waals surface area contributed by atoms with E-state index in [9.17, 15) is 1.37 Å². The van der Waals surface area contributed by atoms with Crippen molar-refractivity contribution in [2.75, 3.05) is 0 Å². The summed E-state index contributed by atoms with van der Waals surface area (Å²) in [6.45, 7) is 9.68. The summed E-state index contributed by atoms with van der Waals surface area (Å²) in [5.74, 6) is -1.05. The third kappa shape index (κ3) is 9.30. The van der Waals surface area contributed by atoms with Gasteiger partial charge in [0.25, 0.3) is 0 Å². The molecule has 0 aliphatic heterocycles. The largest absolute Gasteiger partial charge is 0.500 e. The van der Waals surface area contributed by atoms with Gasteiger partial charge in [-0.3, -0.25) is 0 Å². The number of fused-ring (bicyclic) bond motifs is 5. The zero-order valence-corrected chi connectivity index (χ0v) is 37.2. The van der Waals surface area contributed by atoms with Crippen molar-refractivity contribution in [3.05, 3.63) is 156 Å². The topological polar surface area (TPSA) is 38.9 Å². The predicted molar refractivity (Wildman–Crippen MR) is 244 cm³/mol. The first-order valence-corrected chi connectivity index (χ1v) is 20.0. The van der Waals surface area contributed by atoms with E-state index in [1.54, 1.807) is 24.4 Å². The molecule has 59 heavy (non-hydrogen) atoms. The van der Waals surface area contributed by atoms with E-state index in [1.165, 1.54) is 12.3 Å². The average Bonchev–Trinajstić information content (AvgIpc) is 3.64. The summed E-state index contributed by atoms with van der Waals surface area (Å²) in [4.78, 5) is 9.07. The van der Waals surface area contributed by atoms with Crippen LogP contribution in [0.4, 0.5) is 0 Å². The van der Waals surface area contributed by atoms with Crippen LogP contribution in [-0.2, 0) is 26.5 Å². The number of pyridine rings is 2. The van der Waals surface area contributed by atoms with Crippen LogP contribution in [0.5, 0.6) is 0 Å². The van der Waals surface area contributed by atoms with Gasteiger partial charge in [0.2, 0.25) is 0 Å². The first kappa shape index (κ1) is 32.0. The van der Waals surface area contributed by atoms with E-state index in [0.717, 1.165) is 39.1 Å². The number of rotatable bonds is 5. The normalized spacial score (nSPS) is 18.6. The monoisotopic (exact) mass is 962 g/mol. The molecule has 1 radical (unpaired) electrons. The molecule has 0 atom stereocenters. The van der Waals surface area contributed by atoms with Crippen molar-refractivity contribution in [1.29, 1.82) is 0 Å². The number of hydrogen-bond donors (Lipinski definition) is 0. The second-order valence-corrected chi connectivity index (χ2v) is 18.3. The van der Waals surface area contributed by atoms with Crippen molar-refractivity contribution in [3.63, 3.8) is 0 Å². The number of nitrogens with zero attached hydrogens (tertiary/aromatic N) is 2. The van der Waals surface area contributed by atoms with E-state index < -0.39 is 31.4 Å². The summed E-state index contributed by atoms with van der Waals surface area (Å²) in [5, 5.41) is 4.12. The Morgan fingerprint density at radius 3 is 2.19 bits per heavy atom. The number of furan rings is 1. The number of aryl methyl sites for hydroxylation is 2. The maximum atomic E-state index is 9.68. The Hall–Kier alpha value is -4.89. The van der Waals surface area contributed by atoms with Crippen molar-refractivity contribution in [2.24, 2.45) is 16.2 Å². The Bertz CT molecular complexity index is 3100. The summed E-state index contributed by atoms with van der Waals surface area (Å²) in [5.41, 5.74) is 6.16. The minimum Gasteiger partial charge on any atom is -0.500 e. The van der Waals surface area contributed by atoms with Crippen LogP contribution in [-0.4, -0.2) is 9.97 Å². The summed E-state index contributed by atoms with van der Waals surface area (Å²) < 4.78 is 81.3. The molecular weight excluding hydrogens is 897 g/mol. The van der Waals surface area contributed by atoms with Crippen molar-refractivity contribution in [3.8, 4) is 33.6 Å². The maximum absolute atomic E-state index is 9.68. The Morgan fingerprint density at radius 1 is 0.763 bits per heavy atom. The van der Waals surface area contributed by atoms with Crippen molar-refractivity contribution in [2.45, 2.75) is 93.7 Å². The Kier molecular flexibility index (Phi) is 9.01. The van der Waals surface area contributed by atoms with E-state index in [0.29, 0.717) is 57.6 Å². The summed E-state index contributed by atoms with van der Waals surface area (Å²) in [6, 6.07) is 40.5. The third-order valence-electron chi connectivity index (χ3n) is 10.8. The molecule has 9 rings (SSSR count). The summed E-state index contributed by atoms with van der Waals surface area (Å²) in [7, 11) is 0. The minimum absolute atomic E-state index is 0. The van der Waals surface area contributed by atoms with Crippen LogP contribution >= 0.6 is 0 Å². The Morgan fingerprint density at radius 2 is 1.47 bits per heavy atom. The molecule has 1 aliphatic carbocycles. The van der Waals surface area contributed by atoms with Gasteiger partial charge in [-0.05, 0) is 93.7 Å². The minimum atomic E-state index is -2.37. The van der Waals surface area contributed by atoms with Crippen LogP contribution in [0.3, 0.4) is 0 Å². The molecule has 3 nitrogen and oxygen atoms in total. The fraction of sp³-hybridized carbons (Fsp3) is 0.309. The molecule has 8 aromatic rings. The molecule has 0 N–H and O–H groups in total. The first-order chi connectivity index (χ1) is 31.2. The van der Waals surface area contributed by atoms with E-state index in [4.69, 9.17) is 15.4 Å². The summed E-state index contributed by atoms with van der Waals surface area (Å²) in [6.07, 6.45) is 3.63. The molecular formula is C55H56IrN2O-2. The van der Waals surface area contributed by atoms with Gasteiger partial charge in [-0.25, -0.2) is 0 Å². The van der Waals surface area contributed by atoms with Crippen LogP contribution < -0.4 is 0 Å². The molecule has 3 heterocycles. The first-order valence-electron chi connectivity index (χ1n) is 24.5. The van der Waals surface area contributed by atoms with Gasteiger partial charge in [-0.15, -0.1) is 47.5 Å². The zero-order chi connectivity index (χ0) is 48.5. The van der Waals surface area contributed by atoms with Crippen LogP contribution in [0, 0.1) is 42.1 Å². The molecule has 3 aromatic heterocycles. The van der Waals surface area contributed by atoms with Crippen LogP contribution in [0.15, 0.2) is 126 Å². The molecule has 0 amide bonds. The van der Waals surface area contributed by atoms with Gasteiger partial charge in [0.15, 0.2) is 0 Å². The van der Waals surface area contributed by atoms with Gasteiger partial charge in [0.1, 0.15) is 5.58 Å². The van der Waals surface area contributed by atoms with E-state index >= 15 is 0 Å². The molecule has 0 spiro atoms. The van der Waals surface area contributed by atoms with Crippen LogP contribution in [0.25, 0.3) is 66.4 Å². The molecule has 0 saturated heterocycles. The molecule has 1 aliphatic rings. The van der Waals surface area contributed by atoms with Gasteiger partial charge in [-0.2, -0.15) is 0 Å².